The molecule has 1 atom stereocenters. The van der Waals surface area contributed by atoms with Gasteiger partial charge in [0.1, 0.15) is 17.4 Å². The zero-order valence-corrected chi connectivity index (χ0v) is 12.5. The third kappa shape index (κ3) is 2.32. The fourth-order valence-electron chi connectivity index (χ4n) is 2.40. The van der Waals surface area contributed by atoms with Crippen molar-refractivity contribution in [3.05, 3.63) is 63.7 Å². The molecule has 0 amide bonds. The molecule has 104 valence electrons. The number of benzene rings is 1. The number of halogens is 1. The van der Waals surface area contributed by atoms with E-state index in [1.54, 1.807) is 24.5 Å². The quantitative estimate of drug-likeness (QED) is 0.776. The number of rotatable bonds is 1. The van der Waals surface area contributed by atoms with Crippen LogP contribution in [0.15, 0.2) is 52.6 Å². The van der Waals surface area contributed by atoms with Crippen molar-refractivity contribution in [2.75, 3.05) is 5.73 Å². The molecular weight excluding hydrogens is 332 g/mol. The first kappa shape index (κ1) is 13.5. The Labute approximate surface area is 130 Å². The molecule has 0 bridgehead atoms. The molecule has 1 aliphatic rings. The molecule has 0 fully saturated rings. The van der Waals surface area contributed by atoms with Gasteiger partial charge in [-0.05, 0) is 33.6 Å². The number of nitriles is 1. The van der Waals surface area contributed by atoms with Crippen molar-refractivity contribution in [3.8, 4) is 11.8 Å². The molecule has 0 saturated carbocycles. The highest BCUT2D eigenvalue weighted by Crippen LogP contribution is 2.42. The minimum absolute atomic E-state index is 0.0978. The van der Waals surface area contributed by atoms with E-state index in [2.05, 4.69) is 27.0 Å². The lowest BCUT2D eigenvalue weighted by Crippen LogP contribution is -2.21. The van der Waals surface area contributed by atoms with Gasteiger partial charge in [-0.1, -0.05) is 6.07 Å². The standard InChI is InChI=1S/C15H11BrN4O/c16-9-3-8(6-20-7-9)14-11-2-1-10(18)4-13(11)21-15(19)12(14)5-17/h1-4,6-7,14H,18-19H2. The topological polar surface area (TPSA) is 98.0 Å². The van der Waals surface area contributed by atoms with Gasteiger partial charge in [0.05, 0.1) is 5.92 Å². The summed E-state index contributed by atoms with van der Waals surface area (Å²) >= 11 is 3.39. The second-order valence-electron chi connectivity index (χ2n) is 4.66. The smallest absolute Gasteiger partial charge is 0.205 e. The average Bonchev–Trinajstić information content (AvgIpc) is 2.45. The van der Waals surface area contributed by atoms with Gasteiger partial charge in [-0.3, -0.25) is 4.98 Å². The number of fused-ring (bicyclic) bond motifs is 1. The van der Waals surface area contributed by atoms with Crippen LogP contribution in [0.3, 0.4) is 0 Å². The lowest BCUT2D eigenvalue weighted by atomic mass is 9.84. The number of allylic oxidation sites excluding steroid dienone is 1. The van der Waals surface area contributed by atoms with Gasteiger partial charge in [0.15, 0.2) is 0 Å². The van der Waals surface area contributed by atoms with Crippen LogP contribution in [0.5, 0.6) is 5.75 Å². The number of nitrogens with zero attached hydrogens (tertiary/aromatic N) is 2. The predicted molar refractivity (Wildman–Crippen MR) is 82.1 cm³/mol. The van der Waals surface area contributed by atoms with Gasteiger partial charge in [0.25, 0.3) is 0 Å². The molecule has 4 N–H and O–H groups in total. The molecule has 2 heterocycles. The molecule has 6 heteroatoms. The van der Waals surface area contributed by atoms with Crippen molar-refractivity contribution in [1.29, 1.82) is 5.26 Å². The molecule has 0 spiro atoms. The van der Waals surface area contributed by atoms with Crippen LogP contribution in [0, 0.1) is 11.3 Å². The zero-order valence-electron chi connectivity index (χ0n) is 10.9. The van der Waals surface area contributed by atoms with E-state index in [-0.39, 0.29) is 11.8 Å². The summed E-state index contributed by atoms with van der Waals surface area (Å²) in [5.74, 6) is 0.349. The van der Waals surface area contributed by atoms with Crippen molar-refractivity contribution in [2.45, 2.75) is 5.92 Å². The molecule has 0 aliphatic carbocycles. The number of anilines is 1. The predicted octanol–water partition coefficient (Wildman–Crippen LogP) is 2.64. The van der Waals surface area contributed by atoms with Gasteiger partial charge in [-0.2, -0.15) is 5.26 Å². The zero-order chi connectivity index (χ0) is 15.0. The molecule has 0 saturated heterocycles. The fraction of sp³-hybridized carbons (Fsp3) is 0.0667. The highest BCUT2D eigenvalue weighted by Gasteiger charge is 2.30. The summed E-state index contributed by atoms with van der Waals surface area (Å²) in [6.07, 6.45) is 3.40. The van der Waals surface area contributed by atoms with Gasteiger partial charge in [0.2, 0.25) is 5.88 Å². The fourth-order valence-corrected chi connectivity index (χ4v) is 2.78. The maximum Gasteiger partial charge on any atom is 0.205 e. The van der Waals surface area contributed by atoms with Crippen LogP contribution < -0.4 is 16.2 Å². The lowest BCUT2D eigenvalue weighted by Gasteiger charge is -2.26. The van der Waals surface area contributed by atoms with Crippen LogP contribution in [0.2, 0.25) is 0 Å². The molecule has 1 aromatic carbocycles. The van der Waals surface area contributed by atoms with Crippen molar-refractivity contribution in [3.63, 3.8) is 0 Å². The number of aromatic nitrogens is 1. The van der Waals surface area contributed by atoms with Crippen molar-refractivity contribution >= 4 is 21.6 Å². The van der Waals surface area contributed by atoms with Crippen LogP contribution in [-0.2, 0) is 0 Å². The van der Waals surface area contributed by atoms with E-state index >= 15 is 0 Å². The van der Waals surface area contributed by atoms with Crippen LogP contribution >= 0.6 is 15.9 Å². The molecule has 21 heavy (non-hydrogen) atoms. The first-order valence-corrected chi connectivity index (χ1v) is 6.97. The van der Waals surface area contributed by atoms with E-state index in [0.29, 0.717) is 17.0 Å². The van der Waals surface area contributed by atoms with E-state index in [4.69, 9.17) is 16.2 Å². The molecular formula is C15H11BrN4O. The van der Waals surface area contributed by atoms with E-state index in [9.17, 15) is 5.26 Å². The molecule has 1 aromatic heterocycles. The number of hydrogen-bond donors (Lipinski definition) is 2. The summed E-state index contributed by atoms with van der Waals surface area (Å²) in [6, 6.07) is 9.37. The maximum absolute atomic E-state index is 9.42. The Bertz CT molecular complexity index is 795. The van der Waals surface area contributed by atoms with Crippen LogP contribution in [-0.4, -0.2) is 4.98 Å². The Morgan fingerprint density at radius 1 is 1.24 bits per heavy atom. The SMILES string of the molecule is N#CC1=C(N)Oc2cc(N)ccc2C1c1cncc(Br)c1. The van der Waals surface area contributed by atoms with E-state index < -0.39 is 0 Å². The molecule has 0 radical (unpaired) electrons. The second kappa shape index (κ2) is 5.11. The van der Waals surface area contributed by atoms with E-state index in [1.807, 2.05) is 12.1 Å². The van der Waals surface area contributed by atoms with Gasteiger partial charge >= 0.3 is 0 Å². The molecule has 3 rings (SSSR count). The Balaban J connectivity index is 2.24. The Kier molecular flexibility index (Phi) is 3.28. The third-order valence-corrected chi connectivity index (χ3v) is 3.74. The van der Waals surface area contributed by atoms with Crippen molar-refractivity contribution < 1.29 is 4.74 Å². The molecule has 1 unspecified atom stereocenters. The number of pyridine rings is 1. The van der Waals surface area contributed by atoms with Crippen LogP contribution in [0.4, 0.5) is 5.69 Å². The maximum atomic E-state index is 9.42. The van der Waals surface area contributed by atoms with E-state index in [0.717, 1.165) is 15.6 Å². The normalized spacial score (nSPS) is 16.9. The molecule has 1 aliphatic heterocycles. The molecule has 5 nitrogen and oxygen atoms in total. The number of nitrogen functional groups attached to an aromatic ring is 1. The first-order chi connectivity index (χ1) is 10.1. The van der Waals surface area contributed by atoms with Crippen LogP contribution in [0.1, 0.15) is 17.0 Å². The van der Waals surface area contributed by atoms with Gasteiger partial charge < -0.3 is 16.2 Å². The summed E-state index contributed by atoms with van der Waals surface area (Å²) in [6.45, 7) is 0. The monoisotopic (exact) mass is 342 g/mol. The minimum Gasteiger partial charge on any atom is -0.440 e. The number of ether oxygens (including phenoxy) is 1. The van der Waals surface area contributed by atoms with Crippen molar-refractivity contribution in [2.24, 2.45) is 5.73 Å². The van der Waals surface area contributed by atoms with Gasteiger partial charge in [0, 0.05) is 34.2 Å². The lowest BCUT2D eigenvalue weighted by molar-refractivity contribution is 0.394. The summed E-state index contributed by atoms with van der Waals surface area (Å²) in [4.78, 5) is 4.16. The van der Waals surface area contributed by atoms with E-state index in [1.165, 1.54) is 0 Å². The van der Waals surface area contributed by atoms with Gasteiger partial charge in [-0.15, -0.1) is 0 Å². The Morgan fingerprint density at radius 3 is 2.76 bits per heavy atom. The highest BCUT2D eigenvalue weighted by molar-refractivity contribution is 9.10. The average molecular weight is 343 g/mol. The molecule has 2 aromatic rings. The first-order valence-electron chi connectivity index (χ1n) is 6.17. The summed E-state index contributed by atoms with van der Waals surface area (Å²) in [5.41, 5.74) is 14.3. The summed E-state index contributed by atoms with van der Waals surface area (Å²) < 4.78 is 6.35. The Morgan fingerprint density at radius 2 is 2.05 bits per heavy atom. The van der Waals surface area contributed by atoms with Crippen molar-refractivity contribution in [1.82, 2.24) is 4.98 Å². The highest BCUT2D eigenvalue weighted by atomic mass is 79.9. The largest absolute Gasteiger partial charge is 0.440 e. The number of hydrogen-bond acceptors (Lipinski definition) is 5. The minimum atomic E-state index is -0.315. The second-order valence-corrected chi connectivity index (χ2v) is 5.57. The summed E-state index contributed by atoms with van der Waals surface area (Å²) in [7, 11) is 0. The third-order valence-electron chi connectivity index (χ3n) is 3.30. The number of nitrogens with two attached hydrogens (primary N) is 2. The Hall–Kier alpha value is -2.52. The van der Waals surface area contributed by atoms with Gasteiger partial charge in [-0.25, -0.2) is 0 Å². The summed E-state index contributed by atoms with van der Waals surface area (Å²) in [5, 5.41) is 9.42. The van der Waals surface area contributed by atoms with Crippen LogP contribution in [0.25, 0.3) is 0 Å².